The van der Waals surface area contributed by atoms with Gasteiger partial charge in [-0.1, -0.05) is 24.3 Å². The van der Waals surface area contributed by atoms with Gasteiger partial charge in [-0.25, -0.2) is 4.98 Å². The summed E-state index contributed by atoms with van der Waals surface area (Å²) < 4.78 is 2.33. The maximum absolute atomic E-state index is 13.1. The highest BCUT2D eigenvalue weighted by atomic mass is 16.2. The molecule has 0 unspecified atom stereocenters. The van der Waals surface area contributed by atoms with Crippen LogP contribution >= 0.6 is 0 Å². The first-order valence-corrected chi connectivity index (χ1v) is 11.5. The fraction of sp³-hybridized carbons (Fsp3) is 0.308. The quantitative estimate of drug-likeness (QED) is 0.512. The minimum Gasteiger partial charge on any atom is -0.341 e. The summed E-state index contributed by atoms with van der Waals surface area (Å²) in [4.78, 5) is 20.1. The Kier molecular flexibility index (Phi) is 5.53. The summed E-state index contributed by atoms with van der Waals surface area (Å²) in [7, 11) is 0. The normalized spacial score (nSPS) is 15.9. The Bertz CT molecular complexity index is 1240. The lowest BCUT2D eigenvalue weighted by molar-refractivity contribution is -0.914. The molecule has 1 amide bonds. The number of nitrogens with zero attached hydrogens (tertiary/aromatic N) is 2. The maximum atomic E-state index is 13.1. The number of H-pyrrole nitrogens is 1. The molecule has 32 heavy (non-hydrogen) atoms. The molecule has 3 heterocycles. The number of fused-ring (bicyclic) bond motifs is 3. The molecule has 1 saturated heterocycles. The minimum atomic E-state index is -0.0930. The second kappa shape index (κ2) is 8.63. The van der Waals surface area contributed by atoms with Crippen molar-refractivity contribution in [2.24, 2.45) is 0 Å². The van der Waals surface area contributed by atoms with Crippen molar-refractivity contribution in [1.82, 2.24) is 4.57 Å². The SMILES string of the molecule is CCn1c2ccccc2c2cc(NC(=O)[C@H](C)[NH+]3CCN(c4cccc[nH+]4)CC3)ccc21. The highest BCUT2D eigenvalue weighted by molar-refractivity contribution is 6.09. The van der Waals surface area contributed by atoms with Gasteiger partial charge in [0.05, 0.1) is 6.20 Å². The Balaban J connectivity index is 1.29. The van der Waals surface area contributed by atoms with Gasteiger partial charge in [0.25, 0.3) is 11.7 Å². The number of pyridine rings is 1. The molecule has 0 saturated carbocycles. The maximum Gasteiger partial charge on any atom is 0.282 e. The van der Waals surface area contributed by atoms with E-state index in [1.807, 2.05) is 25.3 Å². The number of para-hydroxylation sites is 1. The van der Waals surface area contributed by atoms with Crippen LogP contribution in [0.2, 0.25) is 0 Å². The fourth-order valence-electron chi connectivity index (χ4n) is 4.96. The molecule has 164 valence electrons. The molecule has 0 radical (unpaired) electrons. The van der Waals surface area contributed by atoms with E-state index in [9.17, 15) is 4.79 Å². The Hall–Kier alpha value is -3.38. The number of carbonyl (C=O) groups excluding carboxylic acids is 1. The van der Waals surface area contributed by atoms with E-state index in [4.69, 9.17) is 0 Å². The lowest BCUT2D eigenvalue weighted by Crippen LogP contribution is -3.19. The second-order valence-electron chi connectivity index (χ2n) is 8.60. The number of nitrogens with one attached hydrogen (secondary N) is 3. The van der Waals surface area contributed by atoms with Gasteiger partial charge in [0.2, 0.25) is 0 Å². The predicted octanol–water partition coefficient (Wildman–Crippen LogP) is 2.36. The van der Waals surface area contributed by atoms with E-state index in [2.05, 4.69) is 75.2 Å². The number of aromatic amines is 1. The summed E-state index contributed by atoms with van der Waals surface area (Å²) in [5.41, 5.74) is 3.31. The van der Waals surface area contributed by atoms with Gasteiger partial charge in [-0.3, -0.25) is 9.69 Å². The zero-order valence-electron chi connectivity index (χ0n) is 18.8. The van der Waals surface area contributed by atoms with Crippen LogP contribution in [0.4, 0.5) is 11.5 Å². The summed E-state index contributed by atoms with van der Waals surface area (Å²) in [6, 6.07) is 20.8. The van der Waals surface area contributed by atoms with Gasteiger partial charge >= 0.3 is 0 Å². The van der Waals surface area contributed by atoms with Crippen LogP contribution in [0.15, 0.2) is 66.9 Å². The molecule has 1 aliphatic rings. The molecule has 6 heteroatoms. The Morgan fingerprint density at radius 1 is 1.03 bits per heavy atom. The summed E-state index contributed by atoms with van der Waals surface area (Å²) >= 11 is 0. The summed E-state index contributed by atoms with van der Waals surface area (Å²) in [6.07, 6.45) is 1.96. The van der Waals surface area contributed by atoms with Crippen molar-refractivity contribution in [3.63, 3.8) is 0 Å². The molecular formula is C26H31N5O+2. The van der Waals surface area contributed by atoms with Crippen molar-refractivity contribution >= 4 is 39.2 Å². The first-order valence-electron chi connectivity index (χ1n) is 11.5. The standard InChI is InChI=1S/C26H29N5O/c1-3-31-23-9-5-4-8-21(23)22-18-20(11-12-24(22)31)28-26(32)19(2)29-14-16-30(17-15-29)25-10-6-7-13-27-25/h4-13,18-19H,3,14-17H2,1-2H3,(H,28,32)/p+2/t19-/m0/s1. The monoisotopic (exact) mass is 429 g/mol. The molecule has 0 aliphatic carbocycles. The van der Waals surface area contributed by atoms with E-state index in [0.29, 0.717) is 0 Å². The average molecular weight is 430 g/mol. The molecule has 4 aromatic rings. The van der Waals surface area contributed by atoms with E-state index in [-0.39, 0.29) is 11.9 Å². The van der Waals surface area contributed by atoms with E-state index < -0.39 is 0 Å². The van der Waals surface area contributed by atoms with Crippen LogP contribution in [-0.4, -0.2) is 42.7 Å². The topological polar surface area (TPSA) is 55.9 Å². The predicted molar refractivity (Wildman–Crippen MR) is 129 cm³/mol. The zero-order chi connectivity index (χ0) is 22.1. The van der Waals surface area contributed by atoms with Crippen LogP contribution < -0.4 is 20.1 Å². The number of carbonyl (C=O) groups is 1. The number of amides is 1. The van der Waals surface area contributed by atoms with Crippen LogP contribution in [0.5, 0.6) is 0 Å². The van der Waals surface area contributed by atoms with Gasteiger partial charge in [-0.2, -0.15) is 0 Å². The third-order valence-corrected chi connectivity index (χ3v) is 6.80. The fourth-order valence-corrected chi connectivity index (χ4v) is 4.96. The summed E-state index contributed by atoms with van der Waals surface area (Å²) in [5, 5.41) is 5.59. The second-order valence-corrected chi connectivity index (χ2v) is 8.60. The Labute approximate surface area is 188 Å². The van der Waals surface area contributed by atoms with Crippen LogP contribution in [0, 0.1) is 0 Å². The highest BCUT2D eigenvalue weighted by Gasteiger charge is 2.32. The van der Waals surface area contributed by atoms with Crippen molar-refractivity contribution in [2.75, 3.05) is 36.4 Å². The molecule has 1 aliphatic heterocycles. The molecule has 3 N–H and O–H groups in total. The van der Waals surface area contributed by atoms with E-state index in [1.54, 1.807) is 0 Å². The molecule has 0 bridgehead atoms. The van der Waals surface area contributed by atoms with Crippen molar-refractivity contribution in [3.05, 3.63) is 66.9 Å². The molecule has 1 atom stereocenters. The lowest BCUT2D eigenvalue weighted by Gasteiger charge is -2.31. The average Bonchev–Trinajstić information content (AvgIpc) is 3.17. The number of rotatable bonds is 5. The third-order valence-electron chi connectivity index (χ3n) is 6.80. The lowest BCUT2D eigenvalue weighted by atomic mass is 10.1. The highest BCUT2D eigenvalue weighted by Crippen LogP contribution is 2.30. The number of aryl methyl sites for hydroxylation is 1. The Morgan fingerprint density at radius 3 is 2.53 bits per heavy atom. The van der Waals surface area contributed by atoms with Gasteiger partial charge in [0, 0.05) is 40.1 Å². The number of piperazine rings is 1. The van der Waals surface area contributed by atoms with E-state index in [1.165, 1.54) is 26.7 Å². The van der Waals surface area contributed by atoms with Crippen LogP contribution in [0.3, 0.4) is 0 Å². The van der Waals surface area contributed by atoms with Crippen LogP contribution in [-0.2, 0) is 11.3 Å². The number of anilines is 2. The van der Waals surface area contributed by atoms with Gasteiger partial charge < -0.3 is 14.8 Å². The summed E-state index contributed by atoms with van der Waals surface area (Å²) in [6.45, 7) is 8.90. The largest absolute Gasteiger partial charge is 0.341 e. The number of benzene rings is 2. The van der Waals surface area contributed by atoms with Crippen LogP contribution in [0.25, 0.3) is 21.8 Å². The number of quaternary nitrogens is 1. The Morgan fingerprint density at radius 2 is 1.78 bits per heavy atom. The minimum absolute atomic E-state index is 0.0818. The number of aromatic nitrogens is 2. The first kappa shape index (κ1) is 20.5. The van der Waals surface area contributed by atoms with E-state index in [0.717, 1.165) is 44.2 Å². The van der Waals surface area contributed by atoms with Gasteiger partial charge in [0.15, 0.2) is 6.04 Å². The van der Waals surface area contributed by atoms with Crippen molar-refractivity contribution < 1.29 is 14.7 Å². The third kappa shape index (κ3) is 3.71. The van der Waals surface area contributed by atoms with E-state index >= 15 is 0 Å². The molecule has 2 aromatic heterocycles. The molecule has 0 spiro atoms. The van der Waals surface area contributed by atoms with Crippen molar-refractivity contribution in [1.29, 1.82) is 0 Å². The van der Waals surface area contributed by atoms with Crippen LogP contribution in [0.1, 0.15) is 13.8 Å². The molecule has 2 aromatic carbocycles. The van der Waals surface area contributed by atoms with Crippen molar-refractivity contribution in [3.8, 4) is 0 Å². The van der Waals surface area contributed by atoms with Gasteiger partial charge in [-0.05, 0) is 44.2 Å². The van der Waals surface area contributed by atoms with Gasteiger partial charge in [-0.15, -0.1) is 0 Å². The zero-order valence-corrected chi connectivity index (χ0v) is 18.8. The smallest absolute Gasteiger partial charge is 0.282 e. The number of hydrogen-bond acceptors (Lipinski definition) is 2. The van der Waals surface area contributed by atoms with Gasteiger partial charge in [0.1, 0.15) is 26.2 Å². The number of hydrogen-bond donors (Lipinski definition) is 2. The molecular weight excluding hydrogens is 398 g/mol. The first-order chi connectivity index (χ1) is 15.7. The molecule has 6 nitrogen and oxygen atoms in total. The van der Waals surface area contributed by atoms with Crippen molar-refractivity contribution in [2.45, 2.75) is 26.4 Å². The molecule has 1 fully saturated rings. The molecule has 5 rings (SSSR count). The summed E-state index contributed by atoms with van der Waals surface area (Å²) in [5.74, 6) is 1.22.